The van der Waals surface area contributed by atoms with Crippen LogP contribution in [0, 0.1) is 5.92 Å². The van der Waals surface area contributed by atoms with Crippen LogP contribution in [0.4, 0.5) is 0 Å². The van der Waals surface area contributed by atoms with Crippen LogP contribution in [0.3, 0.4) is 0 Å². The number of benzene rings is 1. The Balaban J connectivity index is 2.13. The number of carbonyl (C=O) groups excluding carboxylic acids is 3. The number of carbonyl (C=O) groups is 3. The van der Waals surface area contributed by atoms with Crippen molar-refractivity contribution in [2.24, 2.45) is 5.92 Å². The van der Waals surface area contributed by atoms with Gasteiger partial charge in [0.25, 0.3) is 5.91 Å². The molecule has 1 aliphatic heterocycles. The fourth-order valence-electron chi connectivity index (χ4n) is 2.29. The number of imide groups is 1. The zero-order chi connectivity index (χ0) is 14.7. The lowest BCUT2D eigenvalue weighted by Gasteiger charge is -2.21. The lowest BCUT2D eigenvalue weighted by molar-refractivity contribution is -0.156. The van der Waals surface area contributed by atoms with Crippen LogP contribution < -0.4 is 5.32 Å². The average molecular weight is 275 g/mol. The molecule has 1 saturated heterocycles. The summed E-state index contributed by atoms with van der Waals surface area (Å²) < 4.78 is 5.20. The first-order chi connectivity index (χ1) is 9.49. The number of esters is 1. The number of nitrogens with one attached hydrogen (secondary N) is 1. The van der Waals surface area contributed by atoms with Crippen molar-refractivity contribution >= 4 is 17.8 Å². The van der Waals surface area contributed by atoms with Gasteiger partial charge in [-0.1, -0.05) is 44.2 Å². The van der Waals surface area contributed by atoms with E-state index >= 15 is 0 Å². The summed E-state index contributed by atoms with van der Waals surface area (Å²) in [7, 11) is 0. The molecule has 0 bridgehead atoms. The fourth-order valence-corrected chi connectivity index (χ4v) is 2.29. The van der Waals surface area contributed by atoms with Crippen LogP contribution >= 0.6 is 0 Å². The highest BCUT2D eigenvalue weighted by molar-refractivity contribution is 6.05. The molecule has 1 aliphatic rings. The summed E-state index contributed by atoms with van der Waals surface area (Å²) in [4.78, 5) is 34.8. The van der Waals surface area contributed by atoms with E-state index in [1.165, 1.54) is 0 Å². The Morgan fingerprint density at radius 3 is 2.40 bits per heavy atom. The van der Waals surface area contributed by atoms with Crippen molar-refractivity contribution in [3.05, 3.63) is 35.9 Å². The Morgan fingerprint density at radius 2 is 1.90 bits per heavy atom. The molecule has 2 amide bonds. The van der Waals surface area contributed by atoms with Crippen LogP contribution in [0.5, 0.6) is 0 Å². The van der Waals surface area contributed by atoms with Gasteiger partial charge in [0.15, 0.2) is 6.10 Å². The SMILES string of the molecule is CC(C)C(C(=O)OC1CC(=O)NC1=O)c1ccccc1. The smallest absolute Gasteiger partial charge is 0.314 e. The molecule has 2 rings (SSSR count). The lowest BCUT2D eigenvalue weighted by Crippen LogP contribution is -2.31. The Morgan fingerprint density at radius 1 is 1.25 bits per heavy atom. The van der Waals surface area contributed by atoms with Crippen molar-refractivity contribution in [2.75, 3.05) is 0 Å². The van der Waals surface area contributed by atoms with E-state index in [1.54, 1.807) is 0 Å². The summed E-state index contributed by atoms with van der Waals surface area (Å²) >= 11 is 0. The molecule has 5 heteroatoms. The van der Waals surface area contributed by atoms with Gasteiger partial charge >= 0.3 is 5.97 Å². The van der Waals surface area contributed by atoms with Gasteiger partial charge in [0.2, 0.25) is 5.91 Å². The van der Waals surface area contributed by atoms with Crippen molar-refractivity contribution in [3.63, 3.8) is 0 Å². The second kappa shape index (κ2) is 5.86. The lowest BCUT2D eigenvalue weighted by atomic mass is 9.88. The molecule has 0 aromatic heterocycles. The van der Waals surface area contributed by atoms with Crippen molar-refractivity contribution in [1.29, 1.82) is 0 Å². The van der Waals surface area contributed by atoms with Gasteiger partial charge in [0.1, 0.15) is 0 Å². The molecule has 1 heterocycles. The van der Waals surface area contributed by atoms with Gasteiger partial charge in [0.05, 0.1) is 12.3 Å². The van der Waals surface area contributed by atoms with E-state index in [0.717, 1.165) is 5.56 Å². The molecular formula is C15H17NO4. The van der Waals surface area contributed by atoms with Crippen molar-refractivity contribution in [3.8, 4) is 0 Å². The fraction of sp³-hybridized carbons (Fsp3) is 0.400. The monoisotopic (exact) mass is 275 g/mol. The molecular weight excluding hydrogens is 258 g/mol. The molecule has 2 unspecified atom stereocenters. The molecule has 1 aromatic carbocycles. The number of hydrogen-bond acceptors (Lipinski definition) is 4. The second-order valence-electron chi connectivity index (χ2n) is 5.17. The van der Waals surface area contributed by atoms with E-state index in [-0.39, 0.29) is 12.3 Å². The van der Waals surface area contributed by atoms with Crippen LogP contribution in [-0.4, -0.2) is 23.9 Å². The van der Waals surface area contributed by atoms with Gasteiger partial charge < -0.3 is 4.74 Å². The number of amides is 2. The predicted molar refractivity (Wildman–Crippen MR) is 71.7 cm³/mol. The topological polar surface area (TPSA) is 72.5 Å². The molecule has 0 spiro atoms. The van der Waals surface area contributed by atoms with E-state index < -0.39 is 29.8 Å². The Hall–Kier alpha value is -2.17. The highest BCUT2D eigenvalue weighted by Crippen LogP contribution is 2.26. The molecule has 0 saturated carbocycles. The molecule has 1 aromatic rings. The first-order valence-corrected chi connectivity index (χ1v) is 6.58. The van der Waals surface area contributed by atoms with Crippen LogP contribution in [0.2, 0.25) is 0 Å². The van der Waals surface area contributed by atoms with E-state index in [2.05, 4.69) is 5.32 Å². The van der Waals surface area contributed by atoms with Crippen LogP contribution in [0.1, 0.15) is 31.7 Å². The third-order valence-corrected chi connectivity index (χ3v) is 3.26. The quantitative estimate of drug-likeness (QED) is 0.665. The predicted octanol–water partition coefficient (Wildman–Crippen LogP) is 1.38. The number of hydrogen-bond donors (Lipinski definition) is 1. The highest BCUT2D eigenvalue weighted by atomic mass is 16.5. The Bertz CT molecular complexity index is 524. The van der Waals surface area contributed by atoms with Crippen molar-refractivity contribution < 1.29 is 19.1 Å². The van der Waals surface area contributed by atoms with E-state index in [0.29, 0.717) is 0 Å². The first kappa shape index (κ1) is 14.2. The Kier molecular flexibility index (Phi) is 4.17. The summed E-state index contributed by atoms with van der Waals surface area (Å²) in [5.41, 5.74) is 0.845. The van der Waals surface area contributed by atoms with Crippen LogP contribution in [0.15, 0.2) is 30.3 Å². The second-order valence-corrected chi connectivity index (χ2v) is 5.17. The molecule has 5 nitrogen and oxygen atoms in total. The van der Waals surface area contributed by atoms with E-state index in [1.807, 2.05) is 44.2 Å². The molecule has 1 fully saturated rings. The Labute approximate surface area is 117 Å². The molecule has 0 aliphatic carbocycles. The highest BCUT2D eigenvalue weighted by Gasteiger charge is 2.36. The first-order valence-electron chi connectivity index (χ1n) is 6.58. The zero-order valence-corrected chi connectivity index (χ0v) is 11.5. The van der Waals surface area contributed by atoms with Gasteiger partial charge in [0, 0.05) is 0 Å². The maximum atomic E-state index is 12.3. The minimum Gasteiger partial charge on any atom is -0.451 e. The zero-order valence-electron chi connectivity index (χ0n) is 11.5. The summed E-state index contributed by atoms with van der Waals surface area (Å²) in [6.07, 6.45) is -1.09. The normalized spacial score (nSPS) is 19.9. The third kappa shape index (κ3) is 3.04. The summed E-state index contributed by atoms with van der Waals surface area (Å²) in [6.45, 7) is 3.83. The molecule has 0 radical (unpaired) electrons. The maximum absolute atomic E-state index is 12.3. The van der Waals surface area contributed by atoms with E-state index in [9.17, 15) is 14.4 Å². The third-order valence-electron chi connectivity index (χ3n) is 3.26. The molecule has 1 N–H and O–H groups in total. The van der Waals surface area contributed by atoms with Gasteiger partial charge in [-0.2, -0.15) is 0 Å². The van der Waals surface area contributed by atoms with Gasteiger partial charge in [-0.15, -0.1) is 0 Å². The van der Waals surface area contributed by atoms with Crippen LogP contribution in [-0.2, 0) is 19.1 Å². The number of rotatable bonds is 4. The maximum Gasteiger partial charge on any atom is 0.314 e. The summed E-state index contributed by atoms with van der Waals surface area (Å²) in [6, 6.07) is 9.28. The number of ether oxygens (including phenoxy) is 1. The van der Waals surface area contributed by atoms with Gasteiger partial charge in [-0.05, 0) is 11.5 Å². The van der Waals surface area contributed by atoms with Crippen molar-refractivity contribution in [2.45, 2.75) is 32.3 Å². The van der Waals surface area contributed by atoms with Crippen LogP contribution in [0.25, 0.3) is 0 Å². The molecule has 106 valence electrons. The standard InChI is InChI=1S/C15H17NO4/c1-9(2)13(10-6-4-3-5-7-10)15(19)20-11-8-12(17)16-14(11)18/h3-7,9,11,13H,8H2,1-2H3,(H,16,17,18). The largest absolute Gasteiger partial charge is 0.451 e. The minimum atomic E-state index is -1.00. The summed E-state index contributed by atoms with van der Waals surface area (Å²) in [5, 5.41) is 2.13. The summed E-state index contributed by atoms with van der Waals surface area (Å²) in [5.74, 6) is -1.83. The van der Waals surface area contributed by atoms with Gasteiger partial charge in [-0.25, -0.2) is 0 Å². The molecule has 20 heavy (non-hydrogen) atoms. The average Bonchev–Trinajstić information content (AvgIpc) is 2.68. The van der Waals surface area contributed by atoms with E-state index in [4.69, 9.17) is 4.74 Å². The van der Waals surface area contributed by atoms with Crippen molar-refractivity contribution in [1.82, 2.24) is 5.32 Å². The minimum absolute atomic E-state index is 0.0325. The molecule has 2 atom stereocenters. The van der Waals surface area contributed by atoms with Gasteiger partial charge in [-0.3, -0.25) is 19.7 Å².